The monoisotopic (exact) mass is 448 g/mol. The third kappa shape index (κ3) is 3.47. The van der Waals surface area contributed by atoms with Crippen molar-refractivity contribution < 1.29 is 9.72 Å². The number of nitrogens with zero attached hydrogens (tertiary/aromatic N) is 2. The molecule has 0 saturated heterocycles. The van der Waals surface area contributed by atoms with Gasteiger partial charge in [-0.25, -0.2) is 0 Å². The second-order valence-electron chi connectivity index (χ2n) is 9.19. The molecule has 0 N–H and O–H groups in total. The standard InChI is InChI=1S/C26H25ClN2O3/c1-17-20(8-7-11-22(17)29(31)32)24(30)28-23-10-6-5-9-21(23)26(4,16-25(28,2)3)18-12-14-19(27)15-13-18/h5-15H,16H2,1-4H3/t26-/m0/s1. The smallest absolute Gasteiger partial charge is 0.273 e. The molecule has 164 valence electrons. The lowest BCUT2D eigenvalue weighted by atomic mass is 9.65. The summed E-state index contributed by atoms with van der Waals surface area (Å²) >= 11 is 6.13. The number of para-hydroxylation sites is 1. The van der Waals surface area contributed by atoms with E-state index >= 15 is 0 Å². The highest BCUT2D eigenvalue weighted by molar-refractivity contribution is 6.30. The number of halogens is 1. The van der Waals surface area contributed by atoms with Gasteiger partial charge in [-0.1, -0.05) is 54.9 Å². The van der Waals surface area contributed by atoms with Crippen LogP contribution in [-0.2, 0) is 5.41 Å². The molecule has 0 radical (unpaired) electrons. The summed E-state index contributed by atoms with van der Waals surface area (Å²) < 4.78 is 0. The number of rotatable bonds is 3. The van der Waals surface area contributed by atoms with Crippen molar-refractivity contribution in [3.63, 3.8) is 0 Å². The lowest BCUT2D eigenvalue weighted by Gasteiger charge is -2.51. The van der Waals surface area contributed by atoms with E-state index in [-0.39, 0.29) is 17.0 Å². The van der Waals surface area contributed by atoms with Crippen molar-refractivity contribution in [3.05, 3.63) is 104 Å². The average Bonchev–Trinajstić information content (AvgIpc) is 2.73. The summed E-state index contributed by atoms with van der Waals surface area (Å²) in [5.74, 6) is -0.234. The highest BCUT2D eigenvalue weighted by Gasteiger charge is 2.48. The van der Waals surface area contributed by atoms with Gasteiger partial charge in [0.2, 0.25) is 0 Å². The molecule has 0 aliphatic carbocycles. The number of carbonyl (C=O) groups excluding carboxylic acids is 1. The molecule has 5 nitrogen and oxygen atoms in total. The SMILES string of the molecule is Cc1c(C(=O)N2c3ccccc3[C@](C)(c3ccc(Cl)cc3)CC2(C)C)cccc1[N+](=O)[O-]. The number of hydrogen-bond acceptors (Lipinski definition) is 3. The highest BCUT2D eigenvalue weighted by atomic mass is 35.5. The molecular weight excluding hydrogens is 424 g/mol. The summed E-state index contributed by atoms with van der Waals surface area (Å²) in [6.45, 7) is 7.91. The molecule has 1 aliphatic rings. The first-order valence-corrected chi connectivity index (χ1v) is 10.9. The molecule has 3 aromatic rings. The zero-order valence-electron chi connectivity index (χ0n) is 18.6. The van der Waals surface area contributed by atoms with Crippen LogP contribution in [0.5, 0.6) is 0 Å². The van der Waals surface area contributed by atoms with Gasteiger partial charge in [0.25, 0.3) is 11.6 Å². The number of benzene rings is 3. The molecule has 0 aromatic heterocycles. The van der Waals surface area contributed by atoms with Gasteiger partial charge in [-0.3, -0.25) is 14.9 Å². The van der Waals surface area contributed by atoms with Crippen LogP contribution >= 0.6 is 11.6 Å². The molecule has 0 spiro atoms. The maximum atomic E-state index is 13.9. The number of nitro groups is 1. The Morgan fingerprint density at radius 2 is 1.66 bits per heavy atom. The lowest BCUT2D eigenvalue weighted by Crippen LogP contribution is -2.56. The fourth-order valence-corrected chi connectivity index (χ4v) is 5.26. The molecule has 1 atom stereocenters. The van der Waals surface area contributed by atoms with E-state index in [1.54, 1.807) is 24.0 Å². The Morgan fingerprint density at radius 3 is 2.31 bits per heavy atom. The molecular formula is C26H25ClN2O3. The minimum Gasteiger partial charge on any atom is -0.302 e. The summed E-state index contributed by atoms with van der Waals surface area (Å²) in [5, 5.41) is 12.1. The van der Waals surface area contributed by atoms with Crippen molar-refractivity contribution in [3.8, 4) is 0 Å². The van der Waals surface area contributed by atoms with Crippen molar-refractivity contribution in [2.45, 2.75) is 45.1 Å². The van der Waals surface area contributed by atoms with Gasteiger partial charge in [0.15, 0.2) is 0 Å². The Bertz CT molecular complexity index is 1220. The summed E-state index contributed by atoms with van der Waals surface area (Å²) in [7, 11) is 0. The number of hydrogen-bond donors (Lipinski definition) is 0. The normalized spacial score (nSPS) is 19.3. The average molecular weight is 449 g/mol. The van der Waals surface area contributed by atoms with E-state index in [0.29, 0.717) is 22.6 Å². The number of anilines is 1. The van der Waals surface area contributed by atoms with Gasteiger partial charge >= 0.3 is 0 Å². The Kier molecular flexibility index (Phi) is 5.33. The molecule has 0 saturated carbocycles. The van der Waals surface area contributed by atoms with Gasteiger partial charge < -0.3 is 4.90 Å². The molecule has 1 heterocycles. The molecule has 0 bridgehead atoms. The zero-order chi connectivity index (χ0) is 23.3. The quantitative estimate of drug-likeness (QED) is 0.331. The predicted octanol–water partition coefficient (Wildman–Crippen LogP) is 6.69. The second kappa shape index (κ2) is 7.75. The van der Waals surface area contributed by atoms with E-state index in [9.17, 15) is 14.9 Å². The minimum absolute atomic E-state index is 0.0510. The topological polar surface area (TPSA) is 63.5 Å². The van der Waals surface area contributed by atoms with Gasteiger partial charge in [0.1, 0.15) is 0 Å². The fraction of sp³-hybridized carbons (Fsp3) is 0.269. The molecule has 4 rings (SSSR count). The Labute approximate surface area is 192 Å². The van der Waals surface area contributed by atoms with Crippen molar-refractivity contribution in [2.24, 2.45) is 0 Å². The highest BCUT2D eigenvalue weighted by Crippen LogP contribution is 2.51. The first kappa shape index (κ1) is 22.0. The Balaban J connectivity index is 1.89. The van der Waals surface area contributed by atoms with Gasteiger partial charge in [-0.15, -0.1) is 0 Å². The van der Waals surface area contributed by atoms with Crippen molar-refractivity contribution in [2.75, 3.05) is 4.90 Å². The van der Waals surface area contributed by atoms with E-state index in [1.165, 1.54) is 6.07 Å². The second-order valence-corrected chi connectivity index (χ2v) is 9.63. The van der Waals surface area contributed by atoms with Crippen molar-refractivity contribution >= 4 is 28.9 Å². The maximum absolute atomic E-state index is 13.9. The van der Waals surface area contributed by atoms with E-state index < -0.39 is 10.5 Å². The molecule has 1 amide bonds. The first-order valence-electron chi connectivity index (χ1n) is 10.5. The van der Waals surface area contributed by atoms with Crippen LogP contribution in [0.2, 0.25) is 5.02 Å². The summed E-state index contributed by atoms with van der Waals surface area (Å²) in [6.07, 6.45) is 0.679. The van der Waals surface area contributed by atoms with Crippen LogP contribution in [0.3, 0.4) is 0 Å². The zero-order valence-corrected chi connectivity index (χ0v) is 19.3. The fourth-order valence-electron chi connectivity index (χ4n) is 5.13. The summed E-state index contributed by atoms with van der Waals surface area (Å²) in [5.41, 5.74) is 2.77. The third-order valence-electron chi connectivity index (χ3n) is 6.55. The van der Waals surface area contributed by atoms with Crippen molar-refractivity contribution in [1.82, 2.24) is 0 Å². The van der Waals surface area contributed by atoms with Gasteiger partial charge in [-0.05, 0) is 62.6 Å². The minimum atomic E-state index is -0.545. The van der Waals surface area contributed by atoms with Crippen LogP contribution in [0.15, 0.2) is 66.7 Å². The summed E-state index contributed by atoms with van der Waals surface area (Å²) in [6, 6.07) is 20.4. The molecule has 32 heavy (non-hydrogen) atoms. The summed E-state index contributed by atoms with van der Waals surface area (Å²) in [4.78, 5) is 26.6. The molecule has 0 fully saturated rings. The predicted molar refractivity (Wildman–Crippen MR) is 128 cm³/mol. The van der Waals surface area contributed by atoms with E-state index in [2.05, 4.69) is 13.0 Å². The molecule has 6 heteroatoms. The van der Waals surface area contributed by atoms with Crippen LogP contribution < -0.4 is 4.90 Å². The van der Waals surface area contributed by atoms with Crippen LogP contribution in [0.4, 0.5) is 11.4 Å². The largest absolute Gasteiger partial charge is 0.302 e. The van der Waals surface area contributed by atoms with Crippen LogP contribution in [0.25, 0.3) is 0 Å². The lowest BCUT2D eigenvalue weighted by molar-refractivity contribution is -0.385. The van der Waals surface area contributed by atoms with Gasteiger partial charge in [0, 0.05) is 38.9 Å². The Hall–Kier alpha value is -3.18. The molecule has 0 unspecified atom stereocenters. The van der Waals surface area contributed by atoms with Crippen LogP contribution in [0.1, 0.15) is 54.2 Å². The third-order valence-corrected chi connectivity index (χ3v) is 6.80. The van der Waals surface area contributed by atoms with E-state index in [4.69, 9.17) is 11.6 Å². The number of nitro benzene ring substituents is 1. The van der Waals surface area contributed by atoms with Gasteiger partial charge in [-0.2, -0.15) is 0 Å². The van der Waals surface area contributed by atoms with Crippen LogP contribution in [-0.4, -0.2) is 16.4 Å². The number of carbonyl (C=O) groups is 1. The number of fused-ring (bicyclic) bond motifs is 1. The number of amides is 1. The molecule has 1 aliphatic heterocycles. The van der Waals surface area contributed by atoms with Crippen molar-refractivity contribution in [1.29, 1.82) is 0 Å². The first-order chi connectivity index (χ1) is 15.1. The van der Waals surface area contributed by atoms with Crippen LogP contribution in [0, 0.1) is 17.0 Å². The molecule has 3 aromatic carbocycles. The Morgan fingerprint density at radius 1 is 1.00 bits per heavy atom. The maximum Gasteiger partial charge on any atom is 0.273 e. The van der Waals surface area contributed by atoms with E-state index in [0.717, 1.165) is 16.8 Å². The van der Waals surface area contributed by atoms with Gasteiger partial charge in [0.05, 0.1) is 4.92 Å². The van der Waals surface area contributed by atoms with E-state index in [1.807, 2.05) is 56.3 Å².